The van der Waals surface area contributed by atoms with Crippen molar-refractivity contribution in [3.8, 4) is 5.75 Å². The molecule has 1 atom stereocenters. The van der Waals surface area contributed by atoms with Crippen LogP contribution < -0.4 is 10.5 Å². The van der Waals surface area contributed by atoms with Gasteiger partial charge >= 0.3 is 0 Å². The first-order valence-corrected chi connectivity index (χ1v) is 7.71. The lowest BCUT2D eigenvalue weighted by Crippen LogP contribution is -2.08. The average molecular weight is 340 g/mol. The number of rotatable bonds is 4. The van der Waals surface area contributed by atoms with Gasteiger partial charge in [-0.05, 0) is 29.7 Å². The van der Waals surface area contributed by atoms with Crippen molar-refractivity contribution in [2.45, 2.75) is 25.9 Å². The van der Waals surface area contributed by atoms with E-state index in [1.54, 1.807) is 24.3 Å². The molecule has 0 aromatic heterocycles. The summed E-state index contributed by atoms with van der Waals surface area (Å²) in [5, 5.41) is 11.6. The fourth-order valence-corrected chi connectivity index (χ4v) is 2.97. The van der Waals surface area contributed by atoms with Crippen LogP contribution in [0.4, 0.5) is 5.69 Å². The maximum atomic E-state index is 10.7. The van der Waals surface area contributed by atoms with Gasteiger partial charge in [-0.25, -0.2) is 0 Å². The Morgan fingerprint density at radius 2 is 1.73 bits per heavy atom. The molecule has 118 valence electrons. The molecule has 0 amide bonds. The number of halogens is 2. The SMILES string of the molecule is COc1cccc(C(O)c2cc(Cl)cc(C(C)C)c2N)c1Cl. The predicted molar refractivity (Wildman–Crippen MR) is 92.0 cm³/mol. The second-order valence-corrected chi connectivity index (χ2v) is 6.23. The van der Waals surface area contributed by atoms with Crippen molar-refractivity contribution < 1.29 is 9.84 Å². The zero-order chi connectivity index (χ0) is 16.4. The van der Waals surface area contributed by atoms with E-state index in [1.165, 1.54) is 7.11 Å². The summed E-state index contributed by atoms with van der Waals surface area (Å²) >= 11 is 12.5. The van der Waals surface area contributed by atoms with Crippen LogP contribution in [-0.2, 0) is 0 Å². The summed E-state index contributed by atoms with van der Waals surface area (Å²) in [6, 6.07) is 8.74. The molecule has 2 aromatic carbocycles. The van der Waals surface area contributed by atoms with E-state index in [4.69, 9.17) is 33.7 Å². The highest BCUT2D eigenvalue weighted by Gasteiger charge is 2.21. The van der Waals surface area contributed by atoms with Crippen LogP contribution in [0.15, 0.2) is 30.3 Å². The average Bonchev–Trinajstić information content (AvgIpc) is 2.48. The van der Waals surface area contributed by atoms with E-state index in [1.807, 2.05) is 19.9 Å². The van der Waals surface area contributed by atoms with Crippen molar-refractivity contribution in [1.82, 2.24) is 0 Å². The summed E-state index contributed by atoms with van der Waals surface area (Å²) in [7, 11) is 1.53. The first-order valence-electron chi connectivity index (χ1n) is 6.96. The predicted octanol–water partition coefficient (Wildman–Crippen LogP) is 4.79. The van der Waals surface area contributed by atoms with Gasteiger partial charge in [-0.15, -0.1) is 0 Å². The molecule has 0 saturated carbocycles. The second kappa shape index (κ2) is 6.78. The standard InChI is InChI=1S/C17H19Cl2NO2/c1-9(2)12-7-10(18)8-13(16(12)20)17(21)11-5-4-6-14(22-3)15(11)19/h4-9,17,21H,20H2,1-3H3. The number of methoxy groups -OCH3 is 1. The van der Waals surface area contributed by atoms with Crippen LogP contribution in [0.25, 0.3) is 0 Å². The number of aliphatic hydroxyl groups is 1. The zero-order valence-corrected chi connectivity index (χ0v) is 14.2. The van der Waals surface area contributed by atoms with Crippen LogP contribution in [0.1, 0.15) is 42.6 Å². The summed E-state index contributed by atoms with van der Waals surface area (Å²) in [5.74, 6) is 0.702. The fraction of sp³-hybridized carbons (Fsp3) is 0.294. The Labute approximate surface area is 140 Å². The van der Waals surface area contributed by atoms with Gasteiger partial charge in [0.05, 0.1) is 12.1 Å². The third kappa shape index (κ3) is 3.17. The molecule has 22 heavy (non-hydrogen) atoms. The molecule has 0 saturated heterocycles. The number of nitrogen functional groups attached to an aromatic ring is 1. The molecule has 0 aliphatic carbocycles. The third-order valence-electron chi connectivity index (χ3n) is 3.63. The molecule has 0 heterocycles. The number of aliphatic hydroxyl groups excluding tert-OH is 1. The molecule has 2 rings (SSSR count). The normalized spacial score (nSPS) is 12.5. The largest absolute Gasteiger partial charge is 0.495 e. The van der Waals surface area contributed by atoms with Crippen LogP contribution in [0, 0.1) is 0 Å². The van der Waals surface area contributed by atoms with Crippen LogP contribution in [0.3, 0.4) is 0 Å². The lowest BCUT2D eigenvalue weighted by Gasteiger charge is -2.20. The minimum atomic E-state index is -0.973. The molecule has 0 radical (unpaired) electrons. The molecular weight excluding hydrogens is 321 g/mol. The minimum Gasteiger partial charge on any atom is -0.495 e. The van der Waals surface area contributed by atoms with E-state index in [9.17, 15) is 5.11 Å². The molecule has 3 N–H and O–H groups in total. The molecule has 5 heteroatoms. The lowest BCUT2D eigenvalue weighted by atomic mass is 9.93. The van der Waals surface area contributed by atoms with E-state index < -0.39 is 6.10 Å². The number of benzene rings is 2. The number of ether oxygens (including phenoxy) is 1. The molecule has 3 nitrogen and oxygen atoms in total. The van der Waals surface area contributed by atoms with Gasteiger partial charge in [0.2, 0.25) is 0 Å². The minimum absolute atomic E-state index is 0.199. The highest BCUT2D eigenvalue weighted by molar-refractivity contribution is 6.33. The van der Waals surface area contributed by atoms with E-state index in [-0.39, 0.29) is 5.92 Å². The zero-order valence-electron chi connectivity index (χ0n) is 12.7. The Morgan fingerprint density at radius 3 is 2.32 bits per heavy atom. The van der Waals surface area contributed by atoms with E-state index in [0.29, 0.717) is 32.6 Å². The fourth-order valence-electron chi connectivity index (χ4n) is 2.43. The van der Waals surface area contributed by atoms with Crippen LogP contribution in [0.2, 0.25) is 10.0 Å². The maximum Gasteiger partial charge on any atom is 0.137 e. The van der Waals surface area contributed by atoms with Crippen molar-refractivity contribution in [2.75, 3.05) is 12.8 Å². The molecule has 0 bridgehead atoms. The molecular formula is C17H19Cl2NO2. The van der Waals surface area contributed by atoms with E-state index in [2.05, 4.69) is 0 Å². The van der Waals surface area contributed by atoms with Crippen molar-refractivity contribution in [3.05, 3.63) is 57.1 Å². The number of hydrogen-bond donors (Lipinski definition) is 2. The van der Waals surface area contributed by atoms with Crippen molar-refractivity contribution in [3.63, 3.8) is 0 Å². The van der Waals surface area contributed by atoms with Crippen molar-refractivity contribution in [2.24, 2.45) is 0 Å². The van der Waals surface area contributed by atoms with Gasteiger partial charge in [-0.1, -0.05) is 49.2 Å². The quantitative estimate of drug-likeness (QED) is 0.787. The van der Waals surface area contributed by atoms with Gasteiger partial charge in [0, 0.05) is 21.8 Å². The van der Waals surface area contributed by atoms with Crippen LogP contribution >= 0.6 is 23.2 Å². The Balaban J connectivity index is 2.57. The van der Waals surface area contributed by atoms with Gasteiger partial charge in [0.15, 0.2) is 0 Å². The van der Waals surface area contributed by atoms with Crippen molar-refractivity contribution in [1.29, 1.82) is 0 Å². The Hall–Kier alpha value is -1.42. The van der Waals surface area contributed by atoms with Crippen LogP contribution in [-0.4, -0.2) is 12.2 Å². The molecule has 1 unspecified atom stereocenters. The lowest BCUT2D eigenvalue weighted by molar-refractivity contribution is 0.220. The van der Waals surface area contributed by atoms with Crippen molar-refractivity contribution >= 4 is 28.9 Å². The highest BCUT2D eigenvalue weighted by Crippen LogP contribution is 2.39. The smallest absolute Gasteiger partial charge is 0.137 e. The topological polar surface area (TPSA) is 55.5 Å². The van der Waals surface area contributed by atoms with E-state index >= 15 is 0 Å². The van der Waals surface area contributed by atoms with E-state index in [0.717, 1.165) is 5.56 Å². The molecule has 0 fully saturated rings. The third-order valence-corrected chi connectivity index (χ3v) is 4.26. The summed E-state index contributed by atoms with van der Waals surface area (Å²) in [4.78, 5) is 0. The van der Waals surface area contributed by atoms with Crippen LogP contribution in [0.5, 0.6) is 5.75 Å². The van der Waals surface area contributed by atoms with Gasteiger partial charge in [-0.2, -0.15) is 0 Å². The Bertz CT molecular complexity index is 687. The Kier molecular flexibility index (Phi) is 5.22. The first kappa shape index (κ1) is 16.9. The summed E-state index contributed by atoms with van der Waals surface area (Å²) < 4.78 is 5.19. The van der Waals surface area contributed by atoms with Gasteiger partial charge in [-0.3, -0.25) is 0 Å². The summed E-state index contributed by atoms with van der Waals surface area (Å²) in [6.07, 6.45) is -0.973. The summed E-state index contributed by atoms with van der Waals surface area (Å²) in [5.41, 5.74) is 8.74. The number of hydrogen-bond acceptors (Lipinski definition) is 3. The second-order valence-electron chi connectivity index (χ2n) is 5.42. The molecule has 2 aromatic rings. The number of nitrogens with two attached hydrogens (primary N) is 1. The van der Waals surface area contributed by atoms with Gasteiger partial charge in [0.25, 0.3) is 0 Å². The van der Waals surface area contributed by atoms with Gasteiger partial charge < -0.3 is 15.6 Å². The Morgan fingerprint density at radius 1 is 1.09 bits per heavy atom. The summed E-state index contributed by atoms with van der Waals surface area (Å²) in [6.45, 7) is 4.05. The highest BCUT2D eigenvalue weighted by atomic mass is 35.5. The molecule has 0 aliphatic rings. The maximum absolute atomic E-state index is 10.7. The molecule has 0 aliphatic heterocycles. The monoisotopic (exact) mass is 339 g/mol. The molecule has 0 spiro atoms. The number of anilines is 1. The van der Waals surface area contributed by atoms with Gasteiger partial charge in [0.1, 0.15) is 11.9 Å². The first-order chi connectivity index (χ1) is 10.4.